The van der Waals surface area contributed by atoms with Crippen LogP contribution < -0.4 is 10.5 Å². The molecule has 2 saturated heterocycles. The second-order valence-electron chi connectivity index (χ2n) is 8.86. The van der Waals surface area contributed by atoms with Crippen LogP contribution in [0.3, 0.4) is 0 Å². The van der Waals surface area contributed by atoms with E-state index in [-0.39, 0.29) is 17.0 Å². The summed E-state index contributed by atoms with van der Waals surface area (Å²) in [6.07, 6.45) is 11.9. The topological polar surface area (TPSA) is 69.3 Å². The van der Waals surface area contributed by atoms with Crippen molar-refractivity contribution in [1.82, 2.24) is 9.47 Å². The van der Waals surface area contributed by atoms with Crippen molar-refractivity contribution in [3.8, 4) is 6.07 Å². The van der Waals surface area contributed by atoms with Crippen LogP contribution in [0.4, 0.5) is 5.82 Å². The van der Waals surface area contributed by atoms with Gasteiger partial charge in [0.25, 0.3) is 11.5 Å². The van der Waals surface area contributed by atoms with E-state index in [9.17, 15) is 14.9 Å². The lowest BCUT2D eigenvalue weighted by Gasteiger charge is -2.28. The van der Waals surface area contributed by atoms with E-state index in [1.165, 1.54) is 43.9 Å². The summed E-state index contributed by atoms with van der Waals surface area (Å²) in [5.41, 5.74) is 1.25. The van der Waals surface area contributed by atoms with E-state index in [1.807, 2.05) is 13.0 Å². The van der Waals surface area contributed by atoms with Gasteiger partial charge in [-0.25, -0.2) is 0 Å². The molecule has 1 amide bonds. The van der Waals surface area contributed by atoms with Crippen molar-refractivity contribution >= 4 is 46.1 Å². The van der Waals surface area contributed by atoms with Gasteiger partial charge in [-0.1, -0.05) is 69.4 Å². The average molecular weight is 487 g/mol. The highest BCUT2D eigenvalue weighted by Gasteiger charge is 2.32. The number of thioether (sulfide) groups is 1. The number of carbonyl (C=O) groups is 1. The minimum atomic E-state index is -0.286. The van der Waals surface area contributed by atoms with Gasteiger partial charge in [-0.05, 0) is 37.8 Å². The smallest absolute Gasteiger partial charge is 0.270 e. The van der Waals surface area contributed by atoms with Crippen molar-refractivity contribution in [2.24, 2.45) is 7.05 Å². The molecule has 0 unspecified atom stereocenters. The number of pyridine rings is 1. The Balaban J connectivity index is 1.97. The molecule has 33 heavy (non-hydrogen) atoms. The molecule has 0 radical (unpaired) electrons. The number of nitriles is 1. The van der Waals surface area contributed by atoms with E-state index >= 15 is 0 Å². The monoisotopic (exact) mass is 486 g/mol. The second-order valence-corrected chi connectivity index (χ2v) is 10.5. The lowest BCUT2D eigenvalue weighted by atomic mass is 10.0. The largest absolute Gasteiger partial charge is 0.357 e. The van der Waals surface area contributed by atoms with E-state index < -0.39 is 0 Å². The molecule has 0 saturated carbocycles. The van der Waals surface area contributed by atoms with Crippen LogP contribution in [0.1, 0.15) is 81.4 Å². The molecule has 178 valence electrons. The Labute approximate surface area is 206 Å². The van der Waals surface area contributed by atoms with Gasteiger partial charge in [-0.15, -0.1) is 0 Å². The zero-order valence-electron chi connectivity index (χ0n) is 20.0. The molecule has 6 nitrogen and oxygen atoms in total. The van der Waals surface area contributed by atoms with Gasteiger partial charge in [-0.2, -0.15) is 5.26 Å². The number of aromatic nitrogens is 1. The normalized spacial score (nSPS) is 18.2. The van der Waals surface area contributed by atoms with Gasteiger partial charge in [0.05, 0.1) is 4.91 Å². The van der Waals surface area contributed by atoms with Crippen LogP contribution in [0.5, 0.6) is 0 Å². The van der Waals surface area contributed by atoms with Gasteiger partial charge in [0.2, 0.25) is 0 Å². The molecule has 2 aliphatic rings. The first kappa shape index (κ1) is 25.5. The lowest BCUT2D eigenvalue weighted by molar-refractivity contribution is -0.122. The summed E-state index contributed by atoms with van der Waals surface area (Å²) < 4.78 is 2.16. The maximum absolute atomic E-state index is 13.2. The third-order valence-corrected chi connectivity index (χ3v) is 7.89. The van der Waals surface area contributed by atoms with Crippen LogP contribution in [-0.4, -0.2) is 39.3 Å². The fraction of sp³-hybridized carbons (Fsp3) is 0.600. The number of rotatable bonds is 8. The Hall–Kier alpha value is -2.11. The molecule has 0 spiro atoms. The van der Waals surface area contributed by atoms with Crippen LogP contribution in [0.15, 0.2) is 9.70 Å². The summed E-state index contributed by atoms with van der Waals surface area (Å²) in [5.74, 6) is 0.720. The number of nitrogens with zero attached hydrogens (tertiary/aromatic N) is 4. The second kappa shape index (κ2) is 11.8. The van der Waals surface area contributed by atoms with Crippen molar-refractivity contribution in [1.29, 1.82) is 5.26 Å². The van der Waals surface area contributed by atoms with Gasteiger partial charge >= 0.3 is 0 Å². The third-order valence-electron chi connectivity index (χ3n) is 6.51. The van der Waals surface area contributed by atoms with Gasteiger partial charge in [0, 0.05) is 32.2 Å². The predicted octanol–water partition coefficient (Wildman–Crippen LogP) is 5.12. The van der Waals surface area contributed by atoms with Gasteiger partial charge in [0.1, 0.15) is 21.8 Å². The maximum atomic E-state index is 13.2. The first-order valence-corrected chi connectivity index (χ1v) is 13.3. The average Bonchev–Trinajstić information content (AvgIpc) is 2.96. The van der Waals surface area contributed by atoms with Gasteiger partial charge in [-0.3, -0.25) is 19.1 Å². The number of hydrogen-bond donors (Lipinski definition) is 0. The number of anilines is 1. The Morgan fingerprint density at radius 2 is 1.76 bits per heavy atom. The molecule has 1 aromatic rings. The van der Waals surface area contributed by atoms with Gasteiger partial charge < -0.3 is 4.90 Å². The zero-order valence-corrected chi connectivity index (χ0v) is 21.6. The number of unbranched alkanes of at least 4 members (excludes halogenated alkanes) is 4. The highest BCUT2D eigenvalue weighted by atomic mass is 32.2. The molecule has 0 aliphatic carbocycles. The summed E-state index contributed by atoms with van der Waals surface area (Å²) in [6, 6.07) is 2.08. The van der Waals surface area contributed by atoms with E-state index in [1.54, 1.807) is 16.5 Å². The molecule has 0 bridgehead atoms. The number of amides is 1. The molecule has 3 rings (SSSR count). The SMILES string of the molecule is CCCCCCCN1C(=O)/C(=C/c2c(C)c(C#N)c(=O)n(C)c2N2CCCCCC2)SC1=S. The zero-order chi connectivity index (χ0) is 24.0. The molecule has 2 fully saturated rings. The molecule has 8 heteroatoms. The van der Waals surface area contributed by atoms with E-state index in [0.717, 1.165) is 50.2 Å². The van der Waals surface area contributed by atoms with Crippen molar-refractivity contribution in [2.45, 2.75) is 71.6 Å². The Morgan fingerprint density at radius 3 is 2.39 bits per heavy atom. The maximum Gasteiger partial charge on any atom is 0.270 e. The fourth-order valence-electron chi connectivity index (χ4n) is 4.57. The minimum Gasteiger partial charge on any atom is -0.357 e. The van der Waals surface area contributed by atoms with Gasteiger partial charge in [0.15, 0.2) is 0 Å². The van der Waals surface area contributed by atoms with Crippen LogP contribution in [0.2, 0.25) is 0 Å². The first-order valence-electron chi connectivity index (χ1n) is 12.0. The molecular weight excluding hydrogens is 452 g/mol. The quantitative estimate of drug-likeness (QED) is 0.289. The molecule has 0 aromatic carbocycles. The van der Waals surface area contributed by atoms with E-state index in [2.05, 4.69) is 17.9 Å². The van der Waals surface area contributed by atoms with Crippen LogP contribution >= 0.6 is 24.0 Å². The van der Waals surface area contributed by atoms with Crippen molar-refractivity contribution in [3.63, 3.8) is 0 Å². The Bertz CT molecular complexity index is 1030. The number of thiocarbonyl (C=S) groups is 1. The number of carbonyl (C=O) groups excluding carboxylic acids is 1. The standard InChI is InChI=1S/C25H34N4O2S2/c1-4-5-6-7-12-15-29-24(31)21(33-25(29)32)16-19-18(2)20(17-26)23(30)27(3)22(19)28-13-10-8-9-11-14-28/h16H,4-15H2,1-3H3/b21-16-. The summed E-state index contributed by atoms with van der Waals surface area (Å²) in [5, 5.41) is 9.65. The summed E-state index contributed by atoms with van der Waals surface area (Å²) in [6.45, 7) is 6.35. The summed E-state index contributed by atoms with van der Waals surface area (Å²) in [7, 11) is 1.72. The van der Waals surface area contributed by atoms with Crippen molar-refractivity contribution in [3.05, 3.63) is 31.9 Å². The van der Waals surface area contributed by atoms with Crippen LogP contribution in [0, 0.1) is 18.3 Å². The third kappa shape index (κ3) is 5.70. The number of hydrogen-bond acceptors (Lipinski definition) is 6. The van der Waals surface area contributed by atoms with Crippen LogP contribution in [-0.2, 0) is 11.8 Å². The molecule has 1 aromatic heterocycles. The minimum absolute atomic E-state index is 0.0749. The van der Waals surface area contributed by atoms with Crippen molar-refractivity contribution < 1.29 is 4.79 Å². The fourth-order valence-corrected chi connectivity index (χ4v) is 5.86. The molecule has 3 heterocycles. The summed E-state index contributed by atoms with van der Waals surface area (Å²) in [4.78, 5) is 30.6. The highest BCUT2D eigenvalue weighted by molar-refractivity contribution is 8.26. The van der Waals surface area contributed by atoms with Crippen LogP contribution in [0.25, 0.3) is 6.08 Å². The molecule has 2 aliphatic heterocycles. The van der Waals surface area contributed by atoms with E-state index in [4.69, 9.17) is 12.2 Å². The molecule has 0 N–H and O–H groups in total. The van der Waals surface area contributed by atoms with Crippen molar-refractivity contribution in [2.75, 3.05) is 24.5 Å². The highest BCUT2D eigenvalue weighted by Crippen LogP contribution is 2.36. The first-order chi connectivity index (χ1) is 15.9. The lowest BCUT2D eigenvalue weighted by Crippen LogP contribution is -2.34. The molecular formula is C25H34N4O2S2. The Morgan fingerprint density at radius 1 is 1.09 bits per heavy atom. The molecule has 0 atom stereocenters. The Kier molecular flexibility index (Phi) is 9.16. The summed E-state index contributed by atoms with van der Waals surface area (Å²) >= 11 is 6.84. The van der Waals surface area contributed by atoms with E-state index in [0.29, 0.717) is 21.3 Å². The predicted molar refractivity (Wildman–Crippen MR) is 140 cm³/mol.